The molecule has 0 aliphatic heterocycles. The number of carbonyl (C=O) groups excluding carboxylic acids is 3. The molecule has 0 aromatic heterocycles. The molecule has 148 valence electrons. The number of alkyl carbamates (subject to hydrolysis) is 1. The molecule has 0 aliphatic rings. The Morgan fingerprint density at radius 3 is 2.30 bits per heavy atom. The van der Waals surface area contributed by atoms with Gasteiger partial charge in [0.25, 0.3) is 5.91 Å². The first-order valence-electron chi connectivity index (χ1n) is 8.64. The fraction of sp³-hybridized carbons (Fsp3) is 0.421. The van der Waals surface area contributed by atoms with Crippen LogP contribution in [0.2, 0.25) is 0 Å². The average molecular weight is 377 g/mol. The predicted octanol–water partition coefficient (Wildman–Crippen LogP) is 1.56. The summed E-state index contributed by atoms with van der Waals surface area (Å²) in [7, 11) is 0. The third-order valence-electron chi connectivity index (χ3n) is 3.64. The highest BCUT2D eigenvalue weighted by Gasteiger charge is 2.28. The quantitative estimate of drug-likeness (QED) is 0.487. The number of benzene rings is 1. The summed E-state index contributed by atoms with van der Waals surface area (Å²) in [6.45, 7) is 8.62. The number of hydrogen-bond donors (Lipinski definition) is 4. The molecule has 1 aromatic rings. The average Bonchev–Trinajstić information content (AvgIpc) is 2.64. The summed E-state index contributed by atoms with van der Waals surface area (Å²) in [5, 5.41) is 16.7. The summed E-state index contributed by atoms with van der Waals surface area (Å²) in [5.41, 5.74) is 1.26. The molecule has 1 rings (SSSR count). The molecule has 0 radical (unpaired) electrons. The third kappa shape index (κ3) is 7.49. The Balaban J connectivity index is 2.63. The molecular formula is C19H27N3O5. The predicted molar refractivity (Wildman–Crippen MR) is 102 cm³/mol. The number of aliphatic hydroxyl groups is 1. The van der Waals surface area contributed by atoms with Crippen molar-refractivity contribution in [2.24, 2.45) is 5.92 Å². The van der Waals surface area contributed by atoms with Crippen LogP contribution in [0.25, 0.3) is 0 Å². The molecule has 0 heterocycles. The summed E-state index contributed by atoms with van der Waals surface area (Å²) in [5.74, 6) is -1.25. The van der Waals surface area contributed by atoms with Crippen LogP contribution in [-0.4, -0.2) is 41.7 Å². The number of anilines is 1. The zero-order chi connectivity index (χ0) is 20.4. The highest BCUT2D eigenvalue weighted by Crippen LogP contribution is 2.11. The number of aliphatic hydroxyl groups excluding tert-OH is 1. The van der Waals surface area contributed by atoms with Crippen LogP contribution in [0.15, 0.2) is 36.9 Å². The topological polar surface area (TPSA) is 117 Å². The van der Waals surface area contributed by atoms with E-state index < -0.39 is 30.1 Å². The summed E-state index contributed by atoms with van der Waals surface area (Å²) in [6, 6.07) is 5.84. The smallest absolute Gasteiger partial charge is 0.408 e. The van der Waals surface area contributed by atoms with E-state index in [-0.39, 0.29) is 19.1 Å². The molecule has 0 bridgehead atoms. The van der Waals surface area contributed by atoms with Gasteiger partial charge in [-0.1, -0.05) is 32.1 Å². The van der Waals surface area contributed by atoms with Gasteiger partial charge in [-0.25, -0.2) is 4.79 Å². The second-order valence-corrected chi connectivity index (χ2v) is 6.31. The minimum absolute atomic E-state index is 0.0857. The van der Waals surface area contributed by atoms with Gasteiger partial charge in [-0.15, -0.1) is 6.58 Å². The van der Waals surface area contributed by atoms with E-state index in [0.29, 0.717) is 5.69 Å². The SMILES string of the molecule is C=CCNC(=O)O[C@H](C(=O)N[C@@H](C)C(=O)Nc1ccc(CO)cc1)C(C)C. The van der Waals surface area contributed by atoms with Gasteiger partial charge in [0, 0.05) is 12.2 Å². The monoisotopic (exact) mass is 377 g/mol. The number of nitrogens with one attached hydrogen (secondary N) is 3. The summed E-state index contributed by atoms with van der Waals surface area (Å²) in [4.78, 5) is 36.3. The maximum absolute atomic E-state index is 12.4. The van der Waals surface area contributed by atoms with Crippen molar-refractivity contribution in [3.05, 3.63) is 42.5 Å². The van der Waals surface area contributed by atoms with E-state index in [1.54, 1.807) is 38.1 Å². The van der Waals surface area contributed by atoms with Crippen molar-refractivity contribution in [3.63, 3.8) is 0 Å². The van der Waals surface area contributed by atoms with Crippen molar-refractivity contribution in [3.8, 4) is 0 Å². The Morgan fingerprint density at radius 2 is 1.78 bits per heavy atom. The van der Waals surface area contributed by atoms with Gasteiger partial charge in [0.1, 0.15) is 6.04 Å². The second kappa shape index (κ2) is 11.0. The first-order chi connectivity index (χ1) is 12.8. The molecule has 2 atom stereocenters. The Hall–Kier alpha value is -2.87. The molecule has 3 amide bonds. The zero-order valence-corrected chi connectivity index (χ0v) is 15.8. The summed E-state index contributed by atoms with van der Waals surface area (Å²) < 4.78 is 5.13. The molecule has 0 spiro atoms. The van der Waals surface area contributed by atoms with Gasteiger partial charge < -0.3 is 25.8 Å². The van der Waals surface area contributed by atoms with Crippen LogP contribution < -0.4 is 16.0 Å². The minimum Gasteiger partial charge on any atom is -0.436 e. The van der Waals surface area contributed by atoms with Gasteiger partial charge >= 0.3 is 6.09 Å². The van der Waals surface area contributed by atoms with Crippen molar-refractivity contribution < 1.29 is 24.2 Å². The largest absolute Gasteiger partial charge is 0.436 e. The minimum atomic E-state index is -1.03. The Morgan fingerprint density at radius 1 is 1.15 bits per heavy atom. The molecule has 0 saturated carbocycles. The standard InChI is InChI=1S/C19H27N3O5/c1-5-10-20-19(26)27-16(12(2)3)18(25)21-13(4)17(24)22-15-8-6-14(11-23)7-9-15/h5-9,12-13,16,23H,1,10-11H2,2-4H3,(H,20,26)(H,21,25)(H,22,24)/t13-,16-/m0/s1. The maximum Gasteiger partial charge on any atom is 0.408 e. The van der Waals surface area contributed by atoms with Crippen molar-refractivity contribution in [2.45, 2.75) is 39.5 Å². The number of rotatable bonds is 9. The van der Waals surface area contributed by atoms with E-state index >= 15 is 0 Å². The van der Waals surface area contributed by atoms with E-state index in [1.807, 2.05) is 0 Å². The van der Waals surface area contributed by atoms with Crippen LogP contribution in [0.3, 0.4) is 0 Å². The molecular weight excluding hydrogens is 350 g/mol. The molecule has 8 heteroatoms. The Bertz CT molecular complexity index is 658. The van der Waals surface area contributed by atoms with Gasteiger partial charge in [0.2, 0.25) is 5.91 Å². The fourth-order valence-electron chi connectivity index (χ4n) is 2.11. The number of hydrogen-bond acceptors (Lipinski definition) is 5. The molecule has 0 unspecified atom stereocenters. The summed E-state index contributed by atoms with van der Waals surface area (Å²) in [6.07, 6.45) is -0.274. The van der Waals surface area contributed by atoms with Crippen molar-refractivity contribution in [1.82, 2.24) is 10.6 Å². The van der Waals surface area contributed by atoms with Crippen molar-refractivity contribution in [1.29, 1.82) is 0 Å². The van der Waals surface area contributed by atoms with Crippen LogP contribution in [0, 0.1) is 5.92 Å². The van der Waals surface area contributed by atoms with Gasteiger partial charge in [-0.3, -0.25) is 9.59 Å². The lowest BCUT2D eigenvalue weighted by molar-refractivity contribution is -0.134. The lowest BCUT2D eigenvalue weighted by Crippen LogP contribution is -2.49. The fourth-order valence-corrected chi connectivity index (χ4v) is 2.11. The lowest BCUT2D eigenvalue weighted by atomic mass is 10.1. The molecule has 0 saturated heterocycles. The van der Waals surface area contributed by atoms with E-state index in [0.717, 1.165) is 5.56 Å². The Kier molecular flexibility index (Phi) is 9.01. The number of ether oxygens (including phenoxy) is 1. The van der Waals surface area contributed by atoms with Gasteiger partial charge in [0.15, 0.2) is 6.10 Å². The second-order valence-electron chi connectivity index (χ2n) is 6.31. The first-order valence-corrected chi connectivity index (χ1v) is 8.64. The van der Waals surface area contributed by atoms with E-state index in [2.05, 4.69) is 22.5 Å². The lowest BCUT2D eigenvalue weighted by Gasteiger charge is -2.23. The summed E-state index contributed by atoms with van der Waals surface area (Å²) >= 11 is 0. The highest BCUT2D eigenvalue weighted by atomic mass is 16.6. The van der Waals surface area contributed by atoms with E-state index in [9.17, 15) is 14.4 Å². The van der Waals surface area contributed by atoms with Crippen molar-refractivity contribution >= 4 is 23.6 Å². The van der Waals surface area contributed by atoms with Crippen LogP contribution in [0.5, 0.6) is 0 Å². The highest BCUT2D eigenvalue weighted by molar-refractivity contribution is 5.97. The molecule has 4 N–H and O–H groups in total. The van der Waals surface area contributed by atoms with E-state index in [4.69, 9.17) is 9.84 Å². The van der Waals surface area contributed by atoms with Crippen LogP contribution in [-0.2, 0) is 20.9 Å². The van der Waals surface area contributed by atoms with Gasteiger partial charge in [0.05, 0.1) is 6.61 Å². The molecule has 27 heavy (non-hydrogen) atoms. The molecule has 0 aliphatic carbocycles. The van der Waals surface area contributed by atoms with E-state index in [1.165, 1.54) is 13.0 Å². The van der Waals surface area contributed by atoms with Crippen LogP contribution >= 0.6 is 0 Å². The molecule has 0 fully saturated rings. The number of carbonyl (C=O) groups is 3. The van der Waals surface area contributed by atoms with Gasteiger partial charge in [-0.05, 0) is 30.5 Å². The third-order valence-corrected chi connectivity index (χ3v) is 3.64. The van der Waals surface area contributed by atoms with Gasteiger partial charge in [-0.2, -0.15) is 0 Å². The number of amides is 3. The maximum atomic E-state index is 12.4. The van der Waals surface area contributed by atoms with Crippen molar-refractivity contribution in [2.75, 3.05) is 11.9 Å². The normalized spacial score (nSPS) is 12.6. The zero-order valence-electron chi connectivity index (χ0n) is 15.8. The molecule has 8 nitrogen and oxygen atoms in total. The van der Waals surface area contributed by atoms with Crippen LogP contribution in [0.4, 0.5) is 10.5 Å². The molecule has 1 aromatic carbocycles. The Labute approximate surface area is 159 Å². The van der Waals surface area contributed by atoms with Crippen LogP contribution in [0.1, 0.15) is 26.3 Å². The first kappa shape index (κ1) is 22.2.